The maximum atomic E-state index is 10.7. The Kier molecular flexibility index (Phi) is 2.44. The van der Waals surface area contributed by atoms with Gasteiger partial charge in [-0.3, -0.25) is 0 Å². The molecule has 1 aliphatic heterocycles. The molecule has 14 heavy (non-hydrogen) atoms. The molecule has 0 fully saturated rings. The average molecular weight is 230 g/mol. The highest BCUT2D eigenvalue weighted by molar-refractivity contribution is 6.42. The topological polar surface area (TPSA) is 38.7 Å². The Morgan fingerprint density at radius 2 is 2.07 bits per heavy atom. The lowest BCUT2D eigenvalue weighted by atomic mass is 10.1. The molecule has 0 saturated carbocycles. The molecule has 1 unspecified atom stereocenters. The molecule has 1 amide bonds. The molecule has 3 nitrogen and oxygen atoms in total. The summed E-state index contributed by atoms with van der Waals surface area (Å²) >= 11 is 11.6. The Morgan fingerprint density at radius 1 is 1.29 bits per heavy atom. The van der Waals surface area contributed by atoms with Gasteiger partial charge in [0.25, 0.3) is 0 Å². The van der Waals surface area contributed by atoms with Gasteiger partial charge in [0.15, 0.2) is 6.10 Å². The molecule has 0 N–H and O–H groups in total. The summed E-state index contributed by atoms with van der Waals surface area (Å²) in [7, 11) is 0. The maximum Gasteiger partial charge on any atom is 0.434 e. The van der Waals surface area contributed by atoms with Crippen molar-refractivity contribution in [1.29, 1.82) is 0 Å². The molecule has 0 saturated heterocycles. The smallest absolute Gasteiger partial charge is 0.434 e. The molecule has 1 aromatic rings. The van der Waals surface area contributed by atoms with Crippen LogP contribution in [0.1, 0.15) is 11.7 Å². The molecule has 1 aliphatic rings. The first-order chi connectivity index (χ1) is 6.66. The van der Waals surface area contributed by atoms with Gasteiger partial charge >= 0.3 is 6.09 Å². The molecular weight excluding hydrogens is 225 g/mol. The summed E-state index contributed by atoms with van der Waals surface area (Å²) in [4.78, 5) is 14.2. The van der Waals surface area contributed by atoms with Gasteiger partial charge in [-0.1, -0.05) is 29.3 Å². The summed E-state index contributed by atoms with van der Waals surface area (Å²) in [6.07, 6.45) is 0.403. The van der Waals surface area contributed by atoms with Crippen molar-refractivity contribution in [1.82, 2.24) is 0 Å². The Bertz CT molecular complexity index is 417. The van der Waals surface area contributed by atoms with Gasteiger partial charge in [0, 0.05) is 0 Å². The van der Waals surface area contributed by atoms with Crippen LogP contribution in [0.4, 0.5) is 4.79 Å². The predicted octanol–water partition coefficient (Wildman–Crippen LogP) is 3.26. The lowest BCUT2D eigenvalue weighted by molar-refractivity contribution is 0.150. The van der Waals surface area contributed by atoms with Crippen LogP contribution >= 0.6 is 23.2 Å². The van der Waals surface area contributed by atoms with Crippen LogP contribution in [0.3, 0.4) is 0 Å². The molecule has 0 aromatic heterocycles. The lowest BCUT2D eigenvalue weighted by Gasteiger charge is -2.07. The minimum Gasteiger partial charge on any atom is -0.434 e. The second-order valence-electron chi connectivity index (χ2n) is 2.76. The first-order valence-corrected chi connectivity index (χ1v) is 4.62. The number of hydrogen-bond donors (Lipinski definition) is 0. The van der Waals surface area contributed by atoms with Gasteiger partial charge in [0.2, 0.25) is 0 Å². The SMILES string of the molecule is O=C1N=CC(c2ccc(Cl)c(Cl)c2)O1. The summed E-state index contributed by atoms with van der Waals surface area (Å²) < 4.78 is 4.88. The van der Waals surface area contributed by atoms with Gasteiger partial charge in [-0.15, -0.1) is 0 Å². The summed E-state index contributed by atoms with van der Waals surface area (Å²) in [6.45, 7) is 0. The highest BCUT2D eigenvalue weighted by Gasteiger charge is 2.20. The summed E-state index contributed by atoms with van der Waals surface area (Å²) in [6, 6.07) is 5.04. The molecule has 0 radical (unpaired) electrons. The predicted molar refractivity (Wildman–Crippen MR) is 54.2 cm³/mol. The number of hydrogen-bond acceptors (Lipinski definition) is 2. The van der Waals surface area contributed by atoms with Crippen molar-refractivity contribution >= 4 is 35.5 Å². The average Bonchev–Trinajstić information content (AvgIpc) is 2.57. The molecule has 1 heterocycles. The fourth-order valence-corrected chi connectivity index (χ4v) is 1.45. The van der Waals surface area contributed by atoms with Crippen LogP contribution in [0, 0.1) is 0 Å². The third-order valence-electron chi connectivity index (χ3n) is 1.82. The van der Waals surface area contributed by atoms with E-state index in [4.69, 9.17) is 27.9 Å². The molecule has 2 rings (SSSR count). The van der Waals surface area contributed by atoms with E-state index < -0.39 is 12.2 Å². The van der Waals surface area contributed by atoms with Crippen LogP contribution in [-0.2, 0) is 4.74 Å². The van der Waals surface area contributed by atoms with Gasteiger partial charge in [-0.05, 0) is 17.7 Å². The third-order valence-corrected chi connectivity index (χ3v) is 2.55. The molecule has 5 heteroatoms. The van der Waals surface area contributed by atoms with Gasteiger partial charge in [0.05, 0.1) is 16.3 Å². The van der Waals surface area contributed by atoms with E-state index in [0.717, 1.165) is 5.56 Å². The van der Waals surface area contributed by atoms with E-state index in [-0.39, 0.29) is 0 Å². The summed E-state index contributed by atoms with van der Waals surface area (Å²) in [5.74, 6) is 0. The largest absolute Gasteiger partial charge is 0.434 e. The monoisotopic (exact) mass is 229 g/mol. The summed E-state index contributed by atoms with van der Waals surface area (Å²) in [5.41, 5.74) is 0.758. The fourth-order valence-electron chi connectivity index (χ4n) is 1.14. The van der Waals surface area contributed by atoms with Crippen molar-refractivity contribution < 1.29 is 9.53 Å². The maximum absolute atomic E-state index is 10.7. The van der Waals surface area contributed by atoms with Crippen LogP contribution in [-0.4, -0.2) is 12.3 Å². The van der Waals surface area contributed by atoms with Crippen LogP contribution in [0.5, 0.6) is 0 Å². The van der Waals surface area contributed by atoms with Gasteiger partial charge < -0.3 is 4.74 Å². The molecule has 1 atom stereocenters. The van der Waals surface area contributed by atoms with E-state index in [1.807, 2.05) is 0 Å². The third kappa shape index (κ3) is 1.74. The van der Waals surface area contributed by atoms with E-state index in [2.05, 4.69) is 4.99 Å². The number of ether oxygens (including phenoxy) is 1. The normalized spacial score (nSPS) is 19.9. The zero-order chi connectivity index (χ0) is 10.1. The van der Waals surface area contributed by atoms with Crippen LogP contribution < -0.4 is 0 Å². The number of cyclic esters (lactones) is 1. The quantitative estimate of drug-likeness (QED) is 0.742. The lowest BCUT2D eigenvalue weighted by Crippen LogP contribution is -2.00. The molecule has 72 valence electrons. The number of benzene rings is 1. The molecule has 0 aliphatic carbocycles. The first kappa shape index (κ1) is 9.49. The zero-order valence-electron chi connectivity index (χ0n) is 6.91. The van der Waals surface area contributed by atoms with Crippen LogP contribution in [0.25, 0.3) is 0 Å². The van der Waals surface area contributed by atoms with Crippen molar-refractivity contribution in [2.75, 3.05) is 0 Å². The highest BCUT2D eigenvalue weighted by Crippen LogP contribution is 2.28. The van der Waals surface area contributed by atoms with Crippen LogP contribution in [0.2, 0.25) is 10.0 Å². The number of rotatable bonds is 1. The van der Waals surface area contributed by atoms with E-state index in [0.29, 0.717) is 10.0 Å². The number of halogens is 2. The minimum atomic E-state index is -0.582. The Hall–Kier alpha value is -1.06. The Labute approximate surface area is 90.3 Å². The number of amides is 1. The molecule has 0 bridgehead atoms. The zero-order valence-corrected chi connectivity index (χ0v) is 8.42. The minimum absolute atomic E-state index is 0.431. The van der Waals surface area contributed by atoms with E-state index in [1.165, 1.54) is 6.21 Å². The standard InChI is InChI=1S/C9H5Cl2NO2/c10-6-2-1-5(3-7(6)11)8-4-12-9(13)14-8/h1-4,8H. The van der Waals surface area contributed by atoms with Crippen molar-refractivity contribution in [2.45, 2.75) is 6.10 Å². The van der Waals surface area contributed by atoms with Crippen molar-refractivity contribution in [2.24, 2.45) is 4.99 Å². The van der Waals surface area contributed by atoms with Gasteiger partial charge in [-0.25, -0.2) is 4.79 Å². The fraction of sp³-hybridized carbons (Fsp3) is 0.111. The second kappa shape index (κ2) is 3.59. The second-order valence-corrected chi connectivity index (χ2v) is 3.57. The first-order valence-electron chi connectivity index (χ1n) is 3.86. The molecule has 0 spiro atoms. The summed E-state index contributed by atoms with van der Waals surface area (Å²) in [5, 5.41) is 0.900. The number of aliphatic imine (C=N–C) groups is 1. The highest BCUT2D eigenvalue weighted by atomic mass is 35.5. The van der Waals surface area contributed by atoms with Crippen molar-refractivity contribution in [3.63, 3.8) is 0 Å². The van der Waals surface area contributed by atoms with Crippen molar-refractivity contribution in [3.05, 3.63) is 33.8 Å². The van der Waals surface area contributed by atoms with E-state index >= 15 is 0 Å². The number of carbonyl (C=O) groups is 1. The van der Waals surface area contributed by atoms with Gasteiger partial charge in [-0.2, -0.15) is 4.99 Å². The Balaban J connectivity index is 2.30. The van der Waals surface area contributed by atoms with Crippen LogP contribution in [0.15, 0.2) is 23.2 Å². The van der Waals surface area contributed by atoms with E-state index in [1.54, 1.807) is 18.2 Å². The van der Waals surface area contributed by atoms with E-state index in [9.17, 15) is 4.79 Å². The molecular formula is C9H5Cl2NO2. The Morgan fingerprint density at radius 3 is 2.64 bits per heavy atom. The van der Waals surface area contributed by atoms with Crippen molar-refractivity contribution in [3.8, 4) is 0 Å². The number of carbonyl (C=O) groups excluding carboxylic acids is 1. The van der Waals surface area contributed by atoms with Gasteiger partial charge in [0.1, 0.15) is 0 Å². The number of nitrogens with zero attached hydrogens (tertiary/aromatic N) is 1. The molecule has 1 aromatic carbocycles.